The van der Waals surface area contributed by atoms with Gasteiger partial charge in [0, 0.05) is 12.5 Å². The molecule has 110 valence electrons. The summed E-state index contributed by atoms with van der Waals surface area (Å²) < 4.78 is 18.2. The molecule has 0 aliphatic heterocycles. The Morgan fingerprint density at radius 2 is 2.00 bits per heavy atom. The first-order chi connectivity index (χ1) is 10.1. The number of carboxylic acids is 1. The van der Waals surface area contributed by atoms with E-state index in [0.717, 1.165) is 5.56 Å². The molecule has 0 unspecified atom stereocenters. The second-order valence-corrected chi connectivity index (χ2v) is 4.57. The van der Waals surface area contributed by atoms with Gasteiger partial charge in [0.2, 0.25) is 0 Å². The smallest absolute Gasteiger partial charge is 0.326 e. The average molecular weight is 289 g/mol. The van der Waals surface area contributed by atoms with Gasteiger partial charge in [0.1, 0.15) is 17.6 Å². The number of rotatable bonds is 6. The number of hydrogen-bond donors (Lipinski definition) is 2. The summed E-state index contributed by atoms with van der Waals surface area (Å²) in [7, 11) is 1.41. The third kappa shape index (κ3) is 3.95. The molecule has 2 aromatic carbocycles. The van der Waals surface area contributed by atoms with Gasteiger partial charge in [-0.2, -0.15) is 0 Å². The van der Waals surface area contributed by atoms with Gasteiger partial charge in [-0.15, -0.1) is 0 Å². The van der Waals surface area contributed by atoms with E-state index in [1.165, 1.54) is 25.3 Å². The second-order valence-electron chi connectivity index (χ2n) is 4.57. The Bertz CT molecular complexity index is 616. The molecule has 0 saturated carbocycles. The molecule has 0 bridgehead atoms. The van der Waals surface area contributed by atoms with Crippen molar-refractivity contribution >= 4 is 11.7 Å². The fourth-order valence-corrected chi connectivity index (χ4v) is 2.02. The molecule has 1 atom stereocenters. The molecule has 0 fully saturated rings. The van der Waals surface area contributed by atoms with Crippen LogP contribution >= 0.6 is 0 Å². The Morgan fingerprint density at radius 1 is 1.29 bits per heavy atom. The highest BCUT2D eigenvalue weighted by atomic mass is 19.1. The number of ether oxygens (including phenoxy) is 1. The van der Waals surface area contributed by atoms with E-state index in [1.54, 1.807) is 0 Å². The Morgan fingerprint density at radius 3 is 2.62 bits per heavy atom. The molecule has 0 amide bonds. The van der Waals surface area contributed by atoms with Crippen LogP contribution < -0.4 is 10.1 Å². The van der Waals surface area contributed by atoms with Crippen LogP contribution in [0, 0.1) is 5.82 Å². The van der Waals surface area contributed by atoms with E-state index in [4.69, 9.17) is 4.74 Å². The predicted octanol–water partition coefficient (Wildman–Crippen LogP) is 2.94. The quantitative estimate of drug-likeness (QED) is 0.858. The molecule has 4 nitrogen and oxygen atoms in total. The van der Waals surface area contributed by atoms with E-state index < -0.39 is 17.8 Å². The maximum atomic E-state index is 13.2. The van der Waals surface area contributed by atoms with Crippen LogP contribution in [0.4, 0.5) is 10.1 Å². The number of methoxy groups -OCH3 is 1. The van der Waals surface area contributed by atoms with Gasteiger partial charge in [-0.05, 0) is 17.7 Å². The van der Waals surface area contributed by atoms with E-state index in [-0.39, 0.29) is 5.75 Å². The third-order valence-corrected chi connectivity index (χ3v) is 3.07. The molecule has 0 aliphatic carbocycles. The molecule has 0 aromatic heterocycles. The Labute approximate surface area is 122 Å². The van der Waals surface area contributed by atoms with Gasteiger partial charge in [-0.25, -0.2) is 9.18 Å². The van der Waals surface area contributed by atoms with E-state index in [0.29, 0.717) is 12.1 Å². The van der Waals surface area contributed by atoms with E-state index >= 15 is 0 Å². The van der Waals surface area contributed by atoms with Crippen molar-refractivity contribution in [2.45, 2.75) is 12.5 Å². The summed E-state index contributed by atoms with van der Waals surface area (Å²) in [4.78, 5) is 11.4. The lowest BCUT2D eigenvalue weighted by Gasteiger charge is -2.18. The SMILES string of the molecule is COc1cc(F)ccc1N[C@@H](Cc1ccccc1)C(=O)O. The van der Waals surface area contributed by atoms with Crippen molar-refractivity contribution in [3.05, 3.63) is 59.9 Å². The van der Waals surface area contributed by atoms with Gasteiger partial charge >= 0.3 is 5.97 Å². The zero-order valence-corrected chi connectivity index (χ0v) is 11.5. The predicted molar refractivity (Wildman–Crippen MR) is 78.1 cm³/mol. The zero-order chi connectivity index (χ0) is 15.2. The van der Waals surface area contributed by atoms with Crippen molar-refractivity contribution < 1.29 is 19.0 Å². The highest BCUT2D eigenvalue weighted by Gasteiger charge is 2.19. The van der Waals surface area contributed by atoms with Gasteiger partial charge in [-0.1, -0.05) is 30.3 Å². The van der Waals surface area contributed by atoms with E-state index in [1.807, 2.05) is 30.3 Å². The van der Waals surface area contributed by atoms with Gasteiger partial charge in [0.05, 0.1) is 12.8 Å². The van der Waals surface area contributed by atoms with Crippen molar-refractivity contribution in [1.82, 2.24) is 0 Å². The molecule has 2 rings (SSSR count). The molecule has 2 aromatic rings. The first-order valence-electron chi connectivity index (χ1n) is 6.47. The maximum Gasteiger partial charge on any atom is 0.326 e. The maximum absolute atomic E-state index is 13.2. The minimum Gasteiger partial charge on any atom is -0.494 e. The monoisotopic (exact) mass is 289 g/mol. The molecular weight excluding hydrogens is 273 g/mol. The van der Waals surface area contributed by atoms with Gasteiger partial charge in [-0.3, -0.25) is 0 Å². The van der Waals surface area contributed by atoms with E-state index in [2.05, 4.69) is 5.32 Å². The molecule has 21 heavy (non-hydrogen) atoms. The molecule has 0 aliphatic rings. The number of carbonyl (C=O) groups is 1. The number of anilines is 1. The van der Waals surface area contributed by atoms with E-state index in [9.17, 15) is 14.3 Å². The molecule has 0 heterocycles. The Kier molecular flexibility index (Phi) is 4.77. The highest BCUT2D eigenvalue weighted by Crippen LogP contribution is 2.26. The van der Waals surface area contributed by atoms with Crippen LogP contribution in [0.25, 0.3) is 0 Å². The molecule has 2 N–H and O–H groups in total. The third-order valence-electron chi connectivity index (χ3n) is 3.07. The fraction of sp³-hybridized carbons (Fsp3) is 0.188. The Balaban J connectivity index is 2.19. The van der Waals surface area contributed by atoms with Crippen molar-refractivity contribution in [3.8, 4) is 5.75 Å². The number of halogens is 1. The van der Waals surface area contributed by atoms with Crippen LogP contribution in [-0.2, 0) is 11.2 Å². The van der Waals surface area contributed by atoms with Crippen LogP contribution in [0.5, 0.6) is 5.75 Å². The number of aliphatic carboxylic acids is 1. The summed E-state index contributed by atoms with van der Waals surface area (Å²) in [6.45, 7) is 0. The summed E-state index contributed by atoms with van der Waals surface area (Å²) in [6, 6.07) is 12.4. The molecule has 5 heteroatoms. The Hall–Kier alpha value is -2.56. The van der Waals surface area contributed by atoms with Crippen LogP contribution in [0.3, 0.4) is 0 Å². The minimum absolute atomic E-state index is 0.273. The van der Waals surface area contributed by atoms with Gasteiger partial charge < -0.3 is 15.2 Å². The summed E-state index contributed by atoms with van der Waals surface area (Å²) in [5, 5.41) is 12.2. The second kappa shape index (κ2) is 6.74. The van der Waals surface area contributed by atoms with Crippen molar-refractivity contribution in [2.24, 2.45) is 0 Å². The number of nitrogens with one attached hydrogen (secondary N) is 1. The molecule has 0 spiro atoms. The van der Waals surface area contributed by atoms with Crippen molar-refractivity contribution in [1.29, 1.82) is 0 Å². The fourth-order valence-electron chi connectivity index (χ4n) is 2.02. The largest absolute Gasteiger partial charge is 0.494 e. The summed E-state index contributed by atoms with van der Waals surface area (Å²) in [5.41, 5.74) is 1.35. The summed E-state index contributed by atoms with van der Waals surface area (Å²) >= 11 is 0. The van der Waals surface area contributed by atoms with Crippen LogP contribution in [0.15, 0.2) is 48.5 Å². The molecular formula is C16H16FNO3. The topological polar surface area (TPSA) is 58.6 Å². The number of carboxylic acid groups (broad SMARTS) is 1. The molecule has 0 saturated heterocycles. The lowest BCUT2D eigenvalue weighted by Crippen LogP contribution is -2.31. The normalized spacial score (nSPS) is 11.7. The first kappa shape index (κ1) is 14.8. The number of benzene rings is 2. The number of hydrogen-bond acceptors (Lipinski definition) is 3. The lowest BCUT2D eigenvalue weighted by atomic mass is 10.1. The summed E-state index contributed by atoms with van der Waals surface area (Å²) in [5.74, 6) is -1.15. The van der Waals surface area contributed by atoms with Crippen molar-refractivity contribution in [2.75, 3.05) is 12.4 Å². The van der Waals surface area contributed by atoms with Gasteiger partial charge in [0.15, 0.2) is 0 Å². The van der Waals surface area contributed by atoms with Crippen LogP contribution in [0.1, 0.15) is 5.56 Å². The summed E-state index contributed by atoms with van der Waals surface area (Å²) in [6.07, 6.45) is 0.316. The van der Waals surface area contributed by atoms with Gasteiger partial charge in [0.25, 0.3) is 0 Å². The zero-order valence-electron chi connectivity index (χ0n) is 11.5. The first-order valence-corrected chi connectivity index (χ1v) is 6.47. The lowest BCUT2D eigenvalue weighted by molar-refractivity contribution is -0.137. The van der Waals surface area contributed by atoms with Crippen molar-refractivity contribution in [3.63, 3.8) is 0 Å². The standard InChI is InChI=1S/C16H16FNO3/c1-21-15-10-12(17)7-8-13(15)18-14(16(19)20)9-11-5-3-2-4-6-11/h2-8,10,14,18H,9H2,1H3,(H,19,20)/t14-/m0/s1. The molecule has 0 radical (unpaired) electrons. The minimum atomic E-state index is -0.981. The van der Waals surface area contributed by atoms with Crippen LogP contribution in [-0.4, -0.2) is 24.2 Å². The van der Waals surface area contributed by atoms with Crippen LogP contribution in [0.2, 0.25) is 0 Å². The average Bonchev–Trinajstić information content (AvgIpc) is 2.49. The highest BCUT2D eigenvalue weighted by molar-refractivity contribution is 5.78.